The van der Waals surface area contributed by atoms with Crippen molar-refractivity contribution in [2.24, 2.45) is 0 Å². The van der Waals surface area contributed by atoms with Crippen molar-refractivity contribution in [3.8, 4) is 34.4 Å². The molecule has 6 rings (SSSR count). The Bertz CT molecular complexity index is 1260. The van der Waals surface area contributed by atoms with E-state index in [9.17, 15) is 4.79 Å². The minimum atomic E-state index is -0.140. The van der Waals surface area contributed by atoms with E-state index >= 15 is 0 Å². The number of ether oxygens (including phenoxy) is 2. The summed E-state index contributed by atoms with van der Waals surface area (Å²) in [7, 11) is 0. The zero-order valence-electron chi connectivity index (χ0n) is 17.0. The molecule has 10 nitrogen and oxygen atoms in total. The summed E-state index contributed by atoms with van der Waals surface area (Å²) < 4.78 is 22.1. The minimum absolute atomic E-state index is 0.0357. The van der Waals surface area contributed by atoms with Crippen LogP contribution in [0.3, 0.4) is 0 Å². The number of fused-ring (bicyclic) bond motifs is 1. The van der Waals surface area contributed by atoms with Crippen LogP contribution < -0.4 is 9.47 Å². The first-order valence-electron chi connectivity index (χ1n) is 10.4. The highest BCUT2D eigenvalue weighted by atomic mass is 16.7. The molecule has 2 aliphatic heterocycles. The lowest BCUT2D eigenvalue weighted by Gasteiger charge is -2.30. The molecule has 1 unspecified atom stereocenters. The van der Waals surface area contributed by atoms with Gasteiger partial charge < -0.3 is 23.2 Å². The van der Waals surface area contributed by atoms with Crippen molar-refractivity contribution >= 4 is 5.91 Å². The summed E-state index contributed by atoms with van der Waals surface area (Å²) in [6.45, 7) is 1.35. The van der Waals surface area contributed by atoms with E-state index in [1.807, 2.05) is 24.3 Å². The van der Waals surface area contributed by atoms with Crippen LogP contribution in [-0.4, -0.2) is 51.1 Å². The van der Waals surface area contributed by atoms with Gasteiger partial charge in [-0.2, -0.15) is 5.10 Å². The molecule has 1 atom stereocenters. The molecule has 1 aromatic carbocycles. The van der Waals surface area contributed by atoms with E-state index in [1.54, 1.807) is 23.3 Å². The zero-order valence-corrected chi connectivity index (χ0v) is 17.0. The van der Waals surface area contributed by atoms with E-state index < -0.39 is 0 Å². The Labute approximate surface area is 182 Å². The third-order valence-electron chi connectivity index (χ3n) is 5.70. The lowest BCUT2D eigenvalue weighted by molar-refractivity contribution is 0.0692. The molecule has 10 heteroatoms. The van der Waals surface area contributed by atoms with Crippen LogP contribution in [-0.2, 0) is 0 Å². The number of nitrogens with one attached hydrogen (secondary N) is 1. The number of rotatable bonds is 4. The number of carbonyl (C=O) groups excluding carboxylic acids is 1. The van der Waals surface area contributed by atoms with Crippen LogP contribution in [0.5, 0.6) is 11.5 Å². The van der Waals surface area contributed by atoms with Crippen LogP contribution in [0.15, 0.2) is 51.5 Å². The second-order valence-corrected chi connectivity index (χ2v) is 7.75. The average Bonchev–Trinajstić information content (AvgIpc) is 3.64. The molecule has 162 valence electrons. The zero-order chi connectivity index (χ0) is 21.5. The van der Waals surface area contributed by atoms with Gasteiger partial charge in [0.05, 0.1) is 12.2 Å². The first kappa shape index (κ1) is 18.7. The molecule has 0 saturated carbocycles. The number of likely N-dealkylation sites (tertiary alicyclic amines) is 1. The number of aromatic amines is 1. The van der Waals surface area contributed by atoms with Gasteiger partial charge in [-0.1, -0.05) is 0 Å². The number of piperidine rings is 1. The Morgan fingerprint density at radius 3 is 2.97 bits per heavy atom. The molecule has 5 heterocycles. The van der Waals surface area contributed by atoms with Crippen molar-refractivity contribution in [2.45, 2.75) is 18.8 Å². The second-order valence-electron chi connectivity index (χ2n) is 7.75. The summed E-state index contributed by atoms with van der Waals surface area (Å²) in [5.74, 6) is 2.75. The molecule has 1 fully saturated rings. The molecule has 0 aliphatic carbocycles. The van der Waals surface area contributed by atoms with Gasteiger partial charge in [-0.05, 0) is 43.2 Å². The summed E-state index contributed by atoms with van der Waals surface area (Å²) >= 11 is 0. The third kappa shape index (κ3) is 3.29. The lowest BCUT2D eigenvalue weighted by Crippen LogP contribution is -2.39. The molecule has 4 aromatic rings. The number of amides is 1. The monoisotopic (exact) mass is 433 g/mol. The van der Waals surface area contributed by atoms with E-state index in [2.05, 4.69) is 20.4 Å². The van der Waals surface area contributed by atoms with Crippen LogP contribution in [0.25, 0.3) is 22.9 Å². The number of nitrogens with zero attached hydrogens (tertiary/aromatic N) is 4. The molecule has 0 radical (unpaired) electrons. The Kier molecular flexibility index (Phi) is 4.41. The summed E-state index contributed by atoms with van der Waals surface area (Å²) in [5.41, 5.74) is 1.78. The van der Waals surface area contributed by atoms with Crippen LogP contribution in [0.2, 0.25) is 0 Å². The SMILES string of the molecule is O=C(c1cc(-c2ccco2)[nH]n1)N1CCCC(c2nnc(-c3ccc4c(c3)OCO4)o2)C1. The Morgan fingerprint density at radius 1 is 1.12 bits per heavy atom. The van der Waals surface area contributed by atoms with Gasteiger partial charge in [0.15, 0.2) is 23.0 Å². The van der Waals surface area contributed by atoms with Crippen molar-refractivity contribution in [3.63, 3.8) is 0 Å². The maximum Gasteiger partial charge on any atom is 0.274 e. The Hall–Kier alpha value is -4.08. The van der Waals surface area contributed by atoms with Crippen LogP contribution in [0.4, 0.5) is 0 Å². The number of hydrogen-bond donors (Lipinski definition) is 1. The molecular weight excluding hydrogens is 414 g/mol. The topological polar surface area (TPSA) is 120 Å². The highest BCUT2D eigenvalue weighted by molar-refractivity contribution is 5.93. The number of aromatic nitrogens is 4. The van der Waals surface area contributed by atoms with E-state index in [4.69, 9.17) is 18.3 Å². The van der Waals surface area contributed by atoms with Crippen molar-refractivity contribution in [3.05, 3.63) is 54.2 Å². The van der Waals surface area contributed by atoms with Crippen LogP contribution >= 0.6 is 0 Å². The molecule has 1 N–H and O–H groups in total. The molecule has 2 aliphatic rings. The summed E-state index contributed by atoms with van der Waals surface area (Å²) in [6, 6.07) is 10.8. The van der Waals surface area contributed by atoms with Gasteiger partial charge in [0.25, 0.3) is 5.91 Å². The number of furan rings is 1. The van der Waals surface area contributed by atoms with Gasteiger partial charge in [-0.25, -0.2) is 0 Å². The summed E-state index contributed by atoms with van der Waals surface area (Å²) in [4.78, 5) is 14.8. The maximum atomic E-state index is 13.0. The van der Waals surface area contributed by atoms with E-state index in [0.29, 0.717) is 53.5 Å². The standard InChI is InChI=1S/C22H19N5O5/c28-22(16-10-15(23-24-16)17-4-2-8-29-17)27-7-1-3-14(11-27)21-26-25-20(32-21)13-5-6-18-19(9-13)31-12-30-18/h2,4-6,8-10,14H,1,3,7,11-12H2,(H,23,24). The smallest absolute Gasteiger partial charge is 0.274 e. The minimum Gasteiger partial charge on any atom is -0.463 e. The van der Waals surface area contributed by atoms with Crippen LogP contribution in [0.1, 0.15) is 35.1 Å². The molecule has 3 aromatic heterocycles. The quantitative estimate of drug-likeness (QED) is 0.520. The third-order valence-corrected chi connectivity index (χ3v) is 5.70. The van der Waals surface area contributed by atoms with Crippen molar-refractivity contribution in [1.29, 1.82) is 0 Å². The van der Waals surface area contributed by atoms with Crippen molar-refractivity contribution in [1.82, 2.24) is 25.3 Å². The molecular formula is C22H19N5O5. The fourth-order valence-corrected chi connectivity index (χ4v) is 4.06. The Morgan fingerprint density at radius 2 is 2.06 bits per heavy atom. The first-order valence-corrected chi connectivity index (χ1v) is 10.4. The fourth-order valence-electron chi connectivity index (χ4n) is 4.06. The van der Waals surface area contributed by atoms with Crippen molar-refractivity contribution < 1.29 is 23.1 Å². The summed E-state index contributed by atoms with van der Waals surface area (Å²) in [6.07, 6.45) is 3.29. The molecule has 0 spiro atoms. The van der Waals surface area contributed by atoms with Gasteiger partial charge in [-0.15, -0.1) is 10.2 Å². The number of carbonyl (C=O) groups is 1. The normalized spacial score (nSPS) is 17.6. The largest absolute Gasteiger partial charge is 0.463 e. The van der Waals surface area contributed by atoms with E-state index in [-0.39, 0.29) is 18.6 Å². The number of H-pyrrole nitrogens is 1. The predicted octanol–water partition coefficient (Wildman–Crippen LogP) is 3.47. The van der Waals surface area contributed by atoms with E-state index in [0.717, 1.165) is 18.4 Å². The van der Waals surface area contributed by atoms with Gasteiger partial charge >= 0.3 is 0 Å². The average molecular weight is 433 g/mol. The van der Waals surface area contributed by atoms with Gasteiger partial charge in [0.2, 0.25) is 18.6 Å². The second kappa shape index (κ2) is 7.56. The molecule has 32 heavy (non-hydrogen) atoms. The Balaban J connectivity index is 1.18. The highest BCUT2D eigenvalue weighted by Gasteiger charge is 2.30. The highest BCUT2D eigenvalue weighted by Crippen LogP contribution is 2.36. The lowest BCUT2D eigenvalue weighted by atomic mass is 9.98. The first-order chi connectivity index (χ1) is 15.7. The van der Waals surface area contributed by atoms with Crippen LogP contribution in [0, 0.1) is 0 Å². The van der Waals surface area contributed by atoms with Crippen molar-refractivity contribution in [2.75, 3.05) is 19.9 Å². The molecule has 0 bridgehead atoms. The maximum absolute atomic E-state index is 13.0. The van der Waals surface area contributed by atoms with Gasteiger partial charge in [-0.3, -0.25) is 9.89 Å². The molecule has 1 saturated heterocycles. The molecule has 1 amide bonds. The fraction of sp³-hybridized carbons (Fsp3) is 0.273. The number of benzene rings is 1. The van der Waals surface area contributed by atoms with Gasteiger partial charge in [0.1, 0.15) is 5.69 Å². The van der Waals surface area contributed by atoms with Gasteiger partial charge in [0, 0.05) is 24.7 Å². The number of hydrogen-bond acceptors (Lipinski definition) is 8. The summed E-state index contributed by atoms with van der Waals surface area (Å²) in [5, 5.41) is 15.5. The predicted molar refractivity (Wildman–Crippen MR) is 110 cm³/mol. The van der Waals surface area contributed by atoms with E-state index in [1.165, 1.54) is 0 Å².